The third kappa shape index (κ3) is 2.92. The zero-order valence-corrected chi connectivity index (χ0v) is 15.3. The van der Waals surface area contributed by atoms with Gasteiger partial charge >= 0.3 is 0 Å². The lowest BCUT2D eigenvalue weighted by atomic mass is 10.1. The van der Waals surface area contributed by atoms with E-state index in [-0.39, 0.29) is 11.5 Å². The number of rotatable bonds is 3. The highest BCUT2D eigenvalue weighted by atomic mass is 32.1. The van der Waals surface area contributed by atoms with Crippen molar-refractivity contribution >= 4 is 40.4 Å². The van der Waals surface area contributed by atoms with Crippen molar-refractivity contribution in [2.45, 2.75) is 13.5 Å². The van der Waals surface area contributed by atoms with E-state index in [1.807, 2.05) is 18.4 Å². The van der Waals surface area contributed by atoms with Crippen molar-refractivity contribution < 1.29 is 4.79 Å². The number of benzene rings is 1. The molecule has 0 fully saturated rings. The first kappa shape index (κ1) is 16.6. The molecule has 0 aliphatic rings. The van der Waals surface area contributed by atoms with Crippen LogP contribution in [0.3, 0.4) is 0 Å². The number of H-pyrrole nitrogens is 1. The molecular formula is C17H17N3O2S2. The van der Waals surface area contributed by atoms with E-state index in [0.29, 0.717) is 27.8 Å². The number of hydrogen-bond donors (Lipinski definition) is 1. The molecule has 0 aliphatic heterocycles. The summed E-state index contributed by atoms with van der Waals surface area (Å²) in [6, 6.07) is 7.08. The second kappa shape index (κ2) is 6.33. The summed E-state index contributed by atoms with van der Waals surface area (Å²) in [5.41, 5.74) is 2.12. The zero-order valence-electron chi connectivity index (χ0n) is 13.6. The molecule has 1 aromatic carbocycles. The number of amides is 1. The number of fused-ring (bicyclic) bond motifs is 1. The van der Waals surface area contributed by atoms with Crippen LogP contribution in [-0.2, 0) is 13.6 Å². The summed E-state index contributed by atoms with van der Waals surface area (Å²) in [5.74, 6) is -0.0929. The molecule has 2 heterocycles. The minimum Gasteiger partial charge on any atom is -0.337 e. The first-order chi connectivity index (χ1) is 11.4. The van der Waals surface area contributed by atoms with Gasteiger partial charge in [-0.2, -0.15) is 0 Å². The lowest BCUT2D eigenvalue weighted by Crippen LogP contribution is -2.26. The normalized spacial score (nSPS) is 11.0. The topological polar surface area (TPSA) is 58.1 Å². The van der Waals surface area contributed by atoms with Crippen LogP contribution in [0.5, 0.6) is 0 Å². The molecule has 0 unspecified atom stereocenters. The maximum absolute atomic E-state index is 12.7. The highest BCUT2D eigenvalue weighted by Crippen LogP contribution is 2.19. The summed E-state index contributed by atoms with van der Waals surface area (Å²) in [4.78, 5) is 30.7. The van der Waals surface area contributed by atoms with E-state index in [1.54, 1.807) is 48.5 Å². The van der Waals surface area contributed by atoms with Crippen LogP contribution in [0.1, 0.15) is 20.8 Å². The highest BCUT2D eigenvalue weighted by Gasteiger charge is 2.15. The molecule has 0 spiro atoms. The Morgan fingerprint density at radius 1 is 1.38 bits per heavy atom. The Hall–Kier alpha value is -2.25. The Kier molecular flexibility index (Phi) is 4.38. The minimum atomic E-state index is -0.171. The summed E-state index contributed by atoms with van der Waals surface area (Å²) in [5, 5.41) is 2.54. The number of carbonyl (C=O) groups is 1. The Bertz CT molecular complexity index is 1050. The van der Waals surface area contributed by atoms with Crippen LogP contribution in [-0.4, -0.2) is 27.4 Å². The molecule has 0 bridgehead atoms. The van der Waals surface area contributed by atoms with Gasteiger partial charge in [0.25, 0.3) is 11.5 Å². The number of nitrogens with one attached hydrogen (secondary N) is 1. The standard InChI is InChI=1S/C17H17N3O2S2/c1-10-6-7-24-14(10)9-19(2)15(21)11-4-5-12-13(8-11)18-17(23)20(3)16(12)22/h4-8H,9H2,1-3H3,(H,18,23). The van der Waals surface area contributed by atoms with Gasteiger partial charge in [0, 0.05) is 24.5 Å². The molecule has 0 aliphatic carbocycles. The number of aryl methyl sites for hydroxylation is 1. The van der Waals surface area contributed by atoms with Crippen molar-refractivity contribution in [3.8, 4) is 0 Å². The quantitative estimate of drug-likeness (QED) is 0.731. The molecule has 0 saturated carbocycles. The average molecular weight is 359 g/mol. The monoisotopic (exact) mass is 359 g/mol. The van der Waals surface area contributed by atoms with Gasteiger partial charge in [-0.3, -0.25) is 14.2 Å². The van der Waals surface area contributed by atoms with Crippen LogP contribution in [0.4, 0.5) is 0 Å². The lowest BCUT2D eigenvalue weighted by molar-refractivity contribution is 0.0786. The Balaban J connectivity index is 1.95. The van der Waals surface area contributed by atoms with Gasteiger partial charge in [-0.25, -0.2) is 0 Å². The molecule has 5 nitrogen and oxygen atoms in total. The molecule has 0 atom stereocenters. The smallest absolute Gasteiger partial charge is 0.261 e. The molecule has 24 heavy (non-hydrogen) atoms. The number of aromatic amines is 1. The van der Waals surface area contributed by atoms with Gasteiger partial charge in [-0.05, 0) is 54.4 Å². The number of thiophene rings is 1. The van der Waals surface area contributed by atoms with Crippen LogP contribution in [0.25, 0.3) is 10.9 Å². The zero-order chi connectivity index (χ0) is 17.4. The molecule has 1 N–H and O–H groups in total. The number of hydrogen-bond acceptors (Lipinski definition) is 4. The second-order valence-corrected chi connectivity index (χ2v) is 7.13. The maximum atomic E-state index is 12.7. The third-order valence-electron chi connectivity index (χ3n) is 4.04. The first-order valence-corrected chi connectivity index (χ1v) is 8.69. The molecule has 1 amide bonds. The molecule has 2 aromatic heterocycles. The van der Waals surface area contributed by atoms with Gasteiger partial charge in [0.15, 0.2) is 4.77 Å². The third-order valence-corrected chi connectivity index (χ3v) is 5.43. The molecule has 3 aromatic rings. The Labute approximate surface area is 148 Å². The van der Waals surface area contributed by atoms with Crippen molar-refractivity contribution in [2.75, 3.05) is 7.05 Å². The van der Waals surface area contributed by atoms with Crippen LogP contribution in [0.2, 0.25) is 0 Å². The van der Waals surface area contributed by atoms with Crippen LogP contribution in [0, 0.1) is 11.7 Å². The van der Waals surface area contributed by atoms with E-state index in [1.165, 1.54) is 15.0 Å². The molecule has 3 rings (SSSR count). The van der Waals surface area contributed by atoms with Gasteiger partial charge in [0.1, 0.15) is 0 Å². The Morgan fingerprint density at radius 2 is 2.12 bits per heavy atom. The Morgan fingerprint density at radius 3 is 2.79 bits per heavy atom. The largest absolute Gasteiger partial charge is 0.337 e. The fraction of sp³-hybridized carbons (Fsp3) is 0.235. The van der Waals surface area contributed by atoms with Crippen LogP contribution in [0.15, 0.2) is 34.4 Å². The minimum absolute atomic E-state index is 0.0929. The fourth-order valence-corrected chi connectivity index (χ4v) is 3.66. The lowest BCUT2D eigenvalue weighted by Gasteiger charge is -2.17. The second-order valence-electron chi connectivity index (χ2n) is 5.74. The van der Waals surface area contributed by atoms with E-state index in [2.05, 4.69) is 4.98 Å². The van der Waals surface area contributed by atoms with E-state index in [0.717, 1.165) is 0 Å². The summed E-state index contributed by atoms with van der Waals surface area (Å²) in [7, 11) is 3.40. The van der Waals surface area contributed by atoms with Crippen LogP contribution >= 0.6 is 23.6 Å². The SMILES string of the molecule is Cc1ccsc1CN(C)C(=O)c1ccc2c(=O)n(C)c(=S)[nH]c2c1. The predicted octanol–water partition coefficient (Wildman–Crippen LogP) is 3.24. The van der Waals surface area contributed by atoms with Crippen molar-refractivity contribution in [1.29, 1.82) is 0 Å². The average Bonchev–Trinajstić information content (AvgIpc) is 2.96. The van der Waals surface area contributed by atoms with Crippen molar-refractivity contribution in [2.24, 2.45) is 7.05 Å². The van der Waals surface area contributed by atoms with Crippen LogP contribution < -0.4 is 5.56 Å². The first-order valence-electron chi connectivity index (χ1n) is 7.40. The number of nitrogens with zero attached hydrogens (tertiary/aromatic N) is 2. The summed E-state index contributed by atoms with van der Waals surface area (Å²) >= 11 is 6.77. The van der Waals surface area contributed by atoms with E-state index in [9.17, 15) is 9.59 Å². The summed E-state index contributed by atoms with van der Waals surface area (Å²) < 4.78 is 1.71. The van der Waals surface area contributed by atoms with Crippen molar-refractivity contribution in [3.05, 3.63) is 60.8 Å². The van der Waals surface area contributed by atoms with Gasteiger partial charge in [0.2, 0.25) is 0 Å². The van der Waals surface area contributed by atoms with Gasteiger partial charge in [0.05, 0.1) is 17.4 Å². The molecule has 0 saturated heterocycles. The molecular weight excluding hydrogens is 342 g/mol. The summed E-state index contributed by atoms with van der Waals surface area (Å²) in [6.07, 6.45) is 0. The molecule has 124 valence electrons. The molecule has 0 radical (unpaired) electrons. The molecule has 7 heteroatoms. The van der Waals surface area contributed by atoms with E-state index < -0.39 is 0 Å². The highest BCUT2D eigenvalue weighted by molar-refractivity contribution is 7.71. The van der Waals surface area contributed by atoms with Gasteiger partial charge in [-0.15, -0.1) is 11.3 Å². The van der Waals surface area contributed by atoms with Crippen molar-refractivity contribution in [1.82, 2.24) is 14.5 Å². The van der Waals surface area contributed by atoms with E-state index >= 15 is 0 Å². The van der Waals surface area contributed by atoms with Crippen molar-refractivity contribution in [3.63, 3.8) is 0 Å². The predicted molar refractivity (Wildman–Crippen MR) is 99.2 cm³/mol. The van der Waals surface area contributed by atoms with E-state index in [4.69, 9.17) is 12.2 Å². The summed E-state index contributed by atoms with van der Waals surface area (Å²) in [6.45, 7) is 2.60. The van der Waals surface area contributed by atoms with Gasteiger partial charge in [-0.1, -0.05) is 0 Å². The maximum Gasteiger partial charge on any atom is 0.261 e. The number of carbonyl (C=O) groups excluding carboxylic acids is 1. The fourth-order valence-electron chi connectivity index (χ4n) is 2.51. The number of aromatic nitrogens is 2. The van der Waals surface area contributed by atoms with Gasteiger partial charge < -0.3 is 9.88 Å².